The van der Waals surface area contributed by atoms with Crippen molar-refractivity contribution in [2.45, 2.75) is 45.8 Å². The van der Waals surface area contributed by atoms with Crippen molar-refractivity contribution in [1.29, 1.82) is 0 Å². The number of rotatable bonds is 4. The van der Waals surface area contributed by atoms with Crippen LogP contribution in [0.2, 0.25) is 0 Å². The molecule has 0 amide bonds. The van der Waals surface area contributed by atoms with Gasteiger partial charge in [0.1, 0.15) is 5.75 Å². The highest BCUT2D eigenvalue weighted by molar-refractivity contribution is 5.44. The van der Waals surface area contributed by atoms with Crippen LogP contribution in [0.4, 0.5) is 0 Å². The maximum atomic E-state index is 10.7. The minimum absolute atomic E-state index is 0.153. The number of ether oxygens (including phenoxy) is 2. The monoisotopic (exact) mass is 264 g/mol. The van der Waals surface area contributed by atoms with E-state index < -0.39 is 6.10 Å². The Hall–Kier alpha value is -1.06. The minimum atomic E-state index is -0.511. The molecule has 1 aromatic carbocycles. The van der Waals surface area contributed by atoms with Crippen LogP contribution in [0.5, 0.6) is 5.75 Å². The van der Waals surface area contributed by atoms with E-state index in [4.69, 9.17) is 9.47 Å². The van der Waals surface area contributed by atoms with Gasteiger partial charge in [-0.15, -0.1) is 0 Å². The molecule has 3 heteroatoms. The average Bonchev–Trinajstić information content (AvgIpc) is 2.85. The van der Waals surface area contributed by atoms with E-state index >= 15 is 0 Å². The first-order valence-electron chi connectivity index (χ1n) is 7.03. The first-order valence-corrected chi connectivity index (χ1v) is 7.03. The Morgan fingerprint density at radius 2 is 2.16 bits per heavy atom. The van der Waals surface area contributed by atoms with Crippen LogP contribution in [0.25, 0.3) is 0 Å². The van der Waals surface area contributed by atoms with Crippen LogP contribution in [-0.4, -0.2) is 24.9 Å². The Morgan fingerprint density at radius 1 is 1.42 bits per heavy atom. The normalized spacial score (nSPS) is 24.5. The van der Waals surface area contributed by atoms with Crippen LogP contribution >= 0.6 is 0 Å². The Balaban J connectivity index is 2.35. The molecule has 1 fully saturated rings. The highest BCUT2D eigenvalue weighted by Gasteiger charge is 2.35. The lowest BCUT2D eigenvalue weighted by Crippen LogP contribution is -2.23. The molecule has 1 aromatic rings. The fourth-order valence-electron chi connectivity index (χ4n) is 3.15. The largest absolute Gasteiger partial charge is 0.496 e. The molecule has 1 N–H and O–H groups in total. The van der Waals surface area contributed by atoms with Crippen molar-refractivity contribution >= 4 is 0 Å². The van der Waals surface area contributed by atoms with Gasteiger partial charge in [0.15, 0.2) is 0 Å². The van der Waals surface area contributed by atoms with E-state index in [1.54, 1.807) is 7.11 Å². The Bertz CT molecular complexity index is 442. The van der Waals surface area contributed by atoms with E-state index in [1.807, 2.05) is 19.9 Å². The molecule has 3 nitrogen and oxygen atoms in total. The van der Waals surface area contributed by atoms with Crippen LogP contribution in [0.1, 0.15) is 42.6 Å². The summed E-state index contributed by atoms with van der Waals surface area (Å²) in [7, 11) is 1.66. The molecule has 19 heavy (non-hydrogen) atoms. The van der Waals surface area contributed by atoms with E-state index in [0.29, 0.717) is 0 Å². The maximum absolute atomic E-state index is 10.7. The number of methoxy groups -OCH3 is 1. The molecule has 0 radical (unpaired) electrons. The first-order chi connectivity index (χ1) is 9.08. The van der Waals surface area contributed by atoms with Gasteiger partial charge in [-0.2, -0.15) is 0 Å². The highest BCUT2D eigenvalue weighted by Crippen LogP contribution is 2.40. The third-order valence-electron chi connectivity index (χ3n) is 4.08. The van der Waals surface area contributed by atoms with E-state index in [0.717, 1.165) is 41.9 Å². The molecule has 0 spiro atoms. The van der Waals surface area contributed by atoms with Crippen molar-refractivity contribution in [3.8, 4) is 5.75 Å². The lowest BCUT2D eigenvalue weighted by Gasteiger charge is -2.26. The van der Waals surface area contributed by atoms with Gasteiger partial charge in [-0.25, -0.2) is 0 Å². The third-order valence-corrected chi connectivity index (χ3v) is 4.08. The molecule has 3 atom stereocenters. The summed E-state index contributed by atoms with van der Waals surface area (Å²) in [4.78, 5) is 0. The van der Waals surface area contributed by atoms with Gasteiger partial charge in [-0.3, -0.25) is 0 Å². The number of aliphatic hydroxyl groups is 1. The minimum Gasteiger partial charge on any atom is -0.496 e. The molecule has 0 bridgehead atoms. The summed E-state index contributed by atoms with van der Waals surface area (Å²) < 4.78 is 11.1. The van der Waals surface area contributed by atoms with Crippen molar-refractivity contribution in [3.05, 3.63) is 28.8 Å². The second kappa shape index (κ2) is 5.93. The molecule has 1 heterocycles. The summed E-state index contributed by atoms with van der Waals surface area (Å²) in [5.74, 6) is 0.951. The van der Waals surface area contributed by atoms with Crippen molar-refractivity contribution in [2.24, 2.45) is 5.92 Å². The van der Waals surface area contributed by atoms with Crippen molar-refractivity contribution < 1.29 is 14.6 Å². The summed E-state index contributed by atoms with van der Waals surface area (Å²) in [5, 5.41) is 10.7. The quantitative estimate of drug-likeness (QED) is 0.908. The smallest absolute Gasteiger partial charge is 0.125 e. The van der Waals surface area contributed by atoms with Gasteiger partial charge in [0.25, 0.3) is 0 Å². The standard InChI is InChI=1S/C16H24O3/c1-5-13-12(6-7-19-13)16(17)15-11(3)8-10(2)9-14(15)18-4/h8-9,12-13,16-17H,5-7H2,1-4H3. The molecule has 3 unspecified atom stereocenters. The van der Waals surface area contributed by atoms with Gasteiger partial charge in [0, 0.05) is 18.1 Å². The molecule has 1 aliphatic heterocycles. The van der Waals surface area contributed by atoms with Crippen LogP contribution in [0, 0.1) is 19.8 Å². The zero-order chi connectivity index (χ0) is 14.0. The van der Waals surface area contributed by atoms with Crippen molar-refractivity contribution in [1.82, 2.24) is 0 Å². The molecule has 0 aromatic heterocycles. The molecule has 106 valence electrons. The molecule has 0 aliphatic carbocycles. The van der Waals surface area contributed by atoms with Gasteiger partial charge >= 0.3 is 0 Å². The number of benzene rings is 1. The lowest BCUT2D eigenvalue weighted by molar-refractivity contribution is 0.0295. The van der Waals surface area contributed by atoms with E-state index in [-0.39, 0.29) is 12.0 Å². The number of hydrogen-bond acceptors (Lipinski definition) is 3. The van der Waals surface area contributed by atoms with Gasteiger partial charge in [0.2, 0.25) is 0 Å². The predicted octanol–water partition coefficient (Wildman–Crippen LogP) is 3.16. The van der Waals surface area contributed by atoms with E-state index in [9.17, 15) is 5.11 Å². The highest BCUT2D eigenvalue weighted by atomic mass is 16.5. The topological polar surface area (TPSA) is 38.7 Å². The Kier molecular flexibility index (Phi) is 4.48. The number of aryl methyl sites for hydroxylation is 2. The van der Waals surface area contributed by atoms with Crippen LogP contribution < -0.4 is 4.74 Å². The second-order valence-electron chi connectivity index (χ2n) is 5.41. The summed E-state index contributed by atoms with van der Waals surface area (Å²) in [6, 6.07) is 4.08. The molecular formula is C16H24O3. The maximum Gasteiger partial charge on any atom is 0.125 e. The zero-order valence-corrected chi connectivity index (χ0v) is 12.3. The fraction of sp³-hybridized carbons (Fsp3) is 0.625. The lowest BCUT2D eigenvalue weighted by atomic mass is 9.86. The Morgan fingerprint density at radius 3 is 2.79 bits per heavy atom. The van der Waals surface area contributed by atoms with Crippen LogP contribution in [0.3, 0.4) is 0 Å². The average molecular weight is 264 g/mol. The van der Waals surface area contributed by atoms with E-state index in [2.05, 4.69) is 13.0 Å². The molecule has 1 saturated heterocycles. The van der Waals surface area contributed by atoms with Gasteiger partial charge in [-0.05, 0) is 43.9 Å². The SMILES string of the molecule is CCC1OCCC1C(O)c1c(C)cc(C)cc1OC. The molecule has 0 saturated carbocycles. The van der Waals surface area contributed by atoms with Gasteiger partial charge in [0.05, 0.1) is 19.3 Å². The Labute approximate surface area is 115 Å². The zero-order valence-electron chi connectivity index (χ0n) is 12.3. The van der Waals surface area contributed by atoms with Crippen molar-refractivity contribution in [2.75, 3.05) is 13.7 Å². The second-order valence-corrected chi connectivity index (χ2v) is 5.41. The fourth-order valence-corrected chi connectivity index (χ4v) is 3.15. The summed E-state index contributed by atoms with van der Waals surface area (Å²) in [6.07, 6.45) is 1.49. The van der Waals surface area contributed by atoms with Crippen molar-refractivity contribution in [3.63, 3.8) is 0 Å². The first kappa shape index (κ1) is 14.4. The summed E-state index contributed by atoms with van der Waals surface area (Å²) >= 11 is 0. The molecule has 2 rings (SSSR count). The van der Waals surface area contributed by atoms with Crippen LogP contribution in [-0.2, 0) is 4.74 Å². The number of aliphatic hydroxyl groups excluding tert-OH is 1. The third kappa shape index (κ3) is 2.77. The molecular weight excluding hydrogens is 240 g/mol. The predicted molar refractivity (Wildman–Crippen MR) is 75.6 cm³/mol. The molecule has 1 aliphatic rings. The van der Waals surface area contributed by atoms with E-state index in [1.165, 1.54) is 0 Å². The van der Waals surface area contributed by atoms with Crippen LogP contribution in [0.15, 0.2) is 12.1 Å². The summed E-state index contributed by atoms with van der Waals surface area (Å²) in [5.41, 5.74) is 3.16. The van der Waals surface area contributed by atoms with Gasteiger partial charge < -0.3 is 14.6 Å². The summed E-state index contributed by atoms with van der Waals surface area (Å²) in [6.45, 7) is 6.92. The van der Waals surface area contributed by atoms with Gasteiger partial charge in [-0.1, -0.05) is 13.0 Å². The number of hydrogen-bond donors (Lipinski definition) is 1.